The molecule has 2 fully saturated rings. The second-order valence-electron chi connectivity index (χ2n) is 11.0. The Hall–Kier alpha value is -0.670. The molecule has 172 valence electrons. The van der Waals surface area contributed by atoms with E-state index >= 15 is 0 Å². The number of esters is 1. The van der Waals surface area contributed by atoms with E-state index in [0.29, 0.717) is 0 Å². The first-order valence-corrected chi connectivity index (χ1v) is 12.6. The van der Waals surface area contributed by atoms with Crippen LogP contribution in [0.15, 0.2) is 12.1 Å². The van der Waals surface area contributed by atoms with Crippen molar-refractivity contribution in [3.8, 4) is 5.75 Å². The first kappa shape index (κ1) is 25.0. The van der Waals surface area contributed by atoms with E-state index in [1.165, 1.54) is 11.8 Å². The van der Waals surface area contributed by atoms with E-state index in [2.05, 4.69) is 0 Å². The monoisotopic (exact) mass is 579 g/mol. The maximum atomic E-state index is 13.1. The van der Waals surface area contributed by atoms with Crippen LogP contribution in [0.2, 0.25) is 0 Å². The number of carbonyl (C=O) groups is 2. The number of amides is 1. The predicted octanol–water partition coefficient (Wildman–Crippen LogP) is 5.46. The van der Waals surface area contributed by atoms with Crippen molar-refractivity contribution in [3.63, 3.8) is 0 Å². The lowest BCUT2D eigenvalue weighted by Gasteiger charge is -2.46. The van der Waals surface area contributed by atoms with Crippen LogP contribution in [0, 0.1) is 0 Å². The number of phenolic OH excluding ortho intramolecular Hbond substituents is 1. The summed E-state index contributed by atoms with van der Waals surface area (Å²) in [5.41, 5.74) is 1.91. The summed E-state index contributed by atoms with van der Waals surface area (Å²) in [6.07, 6.45) is 0. The molecule has 5 nitrogen and oxygen atoms in total. The number of hydrogen-bond donors (Lipinski definition) is 1. The van der Waals surface area contributed by atoms with Crippen molar-refractivity contribution < 1.29 is 19.4 Å². The Morgan fingerprint density at radius 2 is 1.68 bits per heavy atom. The molecule has 2 aliphatic rings. The first-order chi connectivity index (χ1) is 13.9. The maximum absolute atomic E-state index is 13.1. The lowest BCUT2D eigenvalue weighted by molar-refractivity contribution is -0.162. The lowest BCUT2D eigenvalue weighted by atomic mass is 9.78. The van der Waals surface area contributed by atoms with E-state index in [1.807, 2.05) is 90.1 Å². The summed E-state index contributed by atoms with van der Waals surface area (Å²) in [6.45, 7) is 16.2. The number of hydrogen-bond acceptors (Lipinski definition) is 5. The van der Waals surface area contributed by atoms with Gasteiger partial charge in [0, 0.05) is 4.75 Å². The number of aromatic hydroxyl groups is 1. The molecule has 0 spiro atoms. The molecule has 1 N–H and O–H groups in total. The van der Waals surface area contributed by atoms with Gasteiger partial charge in [-0.05, 0) is 76.1 Å². The van der Waals surface area contributed by atoms with Gasteiger partial charge in [0.25, 0.3) is 5.91 Å². The van der Waals surface area contributed by atoms with Crippen molar-refractivity contribution in [1.82, 2.24) is 4.90 Å². The van der Waals surface area contributed by atoms with Crippen LogP contribution >= 0.6 is 46.0 Å². The van der Waals surface area contributed by atoms with E-state index in [9.17, 15) is 14.7 Å². The topological polar surface area (TPSA) is 66.8 Å². The number of ether oxygens (including phenoxy) is 1. The Bertz CT molecular complexity index is 897. The zero-order valence-electron chi connectivity index (χ0n) is 19.3. The van der Waals surface area contributed by atoms with E-state index in [1.54, 1.807) is 4.90 Å². The Labute approximate surface area is 207 Å². The summed E-state index contributed by atoms with van der Waals surface area (Å²) < 4.78 is 4.21. The van der Waals surface area contributed by atoms with Crippen molar-refractivity contribution in [2.45, 2.75) is 91.9 Å². The number of halogens is 2. The number of fused-ring (bicyclic) bond motifs is 1. The Kier molecular flexibility index (Phi) is 6.19. The molecule has 3 atom stereocenters. The van der Waals surface area contributed by atoms with Crippen LogP contribution in [0.5, 0.6) is 5.75 Å². The molecule has 2 heterocycles. The molecule has 2 saturated heterocycles. The number of β-lactam (4-membered cyclic amide) rings is 1. The third-order valence-electron chi connectivity index (χ3n) is 5.82. The smallest absolute Gasteiger partial charge is 0.330 e. The van der Waals surface area contributed by atoms with Gasteiger partial charge < -0.3 is 14.7 Å². The highest BCUT2D eigenvalue weighted by atomic mass is 127. The molecule has 31 heavy (non-hydrogen) atoms. The van der Waals surface area contributed by atoms with Gasteiger partial charge >= 0.3 is 5.97 Å². The fourth-order valence-electron chi connectivity index (χ4n) is 4.12. The molecule has 0 radical (unpaired) electrons. The average Bonchev–Trinajstić information content (AvgIpc) is 2.88. The number of carbonyl (C=O) groups excluding carboxylic acids is 2. The number of nitrogens with zero attached hydrogens (tertiary/aromatic N) is 1. The number of thioether (sulfide) groups is 1. The van der Waals surface area contributed by atoms with Gasteiger partial charge in [0.2, 0.25) is 2.88 Å². The largest absolute Gasteiger partial charge is 0.507 e. The van der Waals surface area contributed by atoms with Crippen molar-refractivity contribution >= 4 is 57.8 Å². The van der Waals surface area contributed by atoms with Crippen molar-refractivity contribution in [3.05, 3.63) is 28.8 Å². The molecular formula is C23H31ClINO4S. The average molecular weight is 580 g/mol. The van der Waals surface area contributed by atoms with Crippen LogP contribution in [0.1, 0.15) is 72.1 Å². The van der Waals surface area contributed by atoms with Crippen LogP contribution in [-0.4, -0.2) is 40.9 Å². The quantitative estimate of drug-likeness (QED) is 0.223. The predicted molar refractivity (Wildman–Crippen MR) is 134 cm³/mol. The second-order valence-corrected chi connectivity index (χ2v) is 15.6. The molecule has 1 aromatic carbocycles. The summed E-state index contributed by atoms with van der Waals surface area (Å²) in [7, 11) is 0. The van der Waals surface area contributed by atoms with Gasteiger partial charge in [0.05, 0.1) is 0 Å². The highest BCUT2D eigenvalue weighted by Gasteiger charge is 2.70. The van der Waals surface area contributed by atoms with Gasteiger partial charge in [0.1, 0.15) is 23.8 Å². The zero-order valence-corrected chi connectivity index (χ0v) is 23.0. The molecule has 1 unspecified atom stereocenters. The Morgan fingerprint density at radius 3 is 2.13 bits per heavy atom. The van der Waals surface area contributed by atoms with Crippen LogP contribution in [0.3, 0.4) is 0 Å². The molecule has 0 saturated carbocycles. The van der Waals surface area contributed by atoms with Gasteiger partial charge in [-0.25, -0.2) is 4.79 Å². The summed E-state index contributed by atoms with van der Waals surface area (Å²) in [5, 5.41) is 10.6. The van der Waals surface area contributed by atoms with Crippen molar-refractivity contribution in [2.75, 3.05) is 0 Å². The van der Waals surface area contributed by atoms with Crippen LogP contribution in [0.4, 0.5) is 0 Å². The molecule has 1 aromatic rings. The normalized spacial score (nSPS) is 27.7. The lowest BCUT2D eigenvalue weighted by Crippen LogP contribution is -2.68. The fourth-order valence-corrected chi connectivity index (χ4v) is 6.91. The standard InChI is InChI=1S/C23H31ClINO4S/c1-20(2,3)13-9-12(10-14(15(13)27)21(4,5)6)11-30-17(28)16-22(7,8)31-19-23(24,25)18(29)26(16)19/h9-10,16,19,27H,11H2,1-8H3/t16-,19+,23?/m0/s1. The minimum absolute atomic E-state index is 0.0749. The molecule has 0 aliphatic carbocycles. The summed E-state index contributed by atoms with van der Waals surface area (Å²) in [4.78, 5) is 27.2. The molecule has 8 heteroatoms. The van der Waals surface area contributed by atoms with E-state index in [0.717, 1.165) is 16.7 Å². The molecule has 0 aromatic heterocycles. The summed E-state index contributed by atoms with van der Waals surface area (Å²) >= 11 is 9.85. The molecule has 2 aliphatic heterocycles. The van der Waals surface area contributed by atoms with E-state index < -0.39 is 19.6 Å². The number of alkyl halides is 2. The Balaban J connectivity index is 1.86. The third-order valence-corrected chi connectivity index (χ3v) is 9.43. The van der Waals surface area contributed by atoms with Crippen LogP contribution < -0.4 is 0 Å². The van der Waals surface area contributed by atoms with Crippen LogP contribution in [0.25, 0.3) is 0 Å². The van der Waals surface area contributed by atoms with Crippen molar-refractivity contribution in [1.29, 1.82) is 0 Å². The van der Waals surface area contributed by atoms with Gasteiger partial charge in [-0.1, -0.05) is 53.1 Å². The molecule has 1 amide bonds. The third kappa shape index (κ3) is 4.31. The van der Waals surface area contributed by atoms with Crippen LogP contribution in [-0.2, 0) is 31.8 Å². The molecular weight excluding hydrogens is 549 g/mol. The minimum Gasteiger partial charge on any atom is -0.507 e. The van der Waals surface area contributed by atoms with Gasteiger partial charge in [-0.2, -0.15) is 0 Å². The molecule has 0 bridgehead atoms. The second kappa shape index (κ2) is 7.69. The van der Waals surface area contributed by atoms with Gasteiger partial charge in [-0.15, -0.1) is 11.8 Å². The van der Waals surface area contributed by atoms with Gasteiger partial charge in [0.15, 0.2) is 0 Å². The zero-order chi connectivity index (χ0) is 23.7. The number of rotatable bonds is 3. The number of benzene rings is 1. The highest BCUT2D eigenvalue weighted by molar-refractivity contribution is 14.1. The first-order valence-electron chi connectivity index (χ1n) is 10.3. The minimum atomic E-state index is -1.01. The maximum Gasteiger partial charge on any atom is 0.330 e. The van der Waals surface area contributed by atoms with Crippen molar-refractivity contribution in [2.24, 2.45) is 0 Å². The fraction of sp³-hybridized carbons (Fsp3) is 0.652. The summed E-state index contributed by atoms with van der Waals surface area (Å²) in [6, 6.07) is 3.12. The molecule has 3 rings (SSSR count). The van der Waals surface area contributed by atoms with E-state index in [-0.39, 0.29) is 34.5 Å². The number of phenols is 1. The van der Waals surface area contributed by atoms with E-state index in [4.69, 9.17) is 16.3 Å². The Morgan fingerprint density at radius 1 is 1.19 bits per heavy atom. The highest BCUT2D eigenvalue weighted by Crippen LogP contribution is 2.59. The SMILES string of the molecule is CC(C)(C)c1cc(COC(=O)[C@@H]2N3C(=O)C(Cl)(I)[C@H]3SC2(C)C)cc(C(C)(C)C)c1O. The van der Waals surface area contributed by atoms with Gasteiger partial charge in [-0.3, -0.25) is 4.79 Å². The summed E-state index contributed by atoms with van der Waals surface area (Å²) in [5.74, 6) is -0.382.